The molecule has 5 nitrogen and oxygen atoms in total. The van der Waals surface area contributed by atoms with Crippen molar-refractivity contribution in [2.75, 3.05) is 0 Å². The Morgan fingerprint density at radius 3 is 2.54 bits per heavy atom. The summed E-state index contributed by atoms with van der Waals surface area (Å²) in [6.45, 7) is 0.689. The van der Waals surface area contributed by atoms with Gasteiger partial charge in [0, 0.05) is 18.0 Å². The first-order valence-electron chi connectivity index (χ1n) is 8.18. The van der Waals surface area contributed by atoms with Crippen LogP contribution in [0.15, 0.2) is 84.2 Å². The summed E-state index contributed by atoms with van der Waals surface area (Å²) in [6, 6.07) is 21.7. The van der Waals surface area contributed by atoms with E-state index in [1.54, 1.807) is 35.9 Å². The number of nitrogens with one attached hydrogen (secondary N) is 1. The van der Waals surface area contributed by atoms with Crippen LogP contribution in [-0.2, 0) is 6.54 Å². The lowest BCUT2D eigenvalue weighted by Gasteiger charge is -2.05. The number of aromatic nitrogens is 2. The highest BCUT2D eigenvalue weighted by atomic mass is 32.1. The van der Waals surface area contributed by atoms with Crippen LogP contribution in [0.5, 0.6) is 0 Å². The summed E-state index contributed by atoms with van der Waals surface area (Å²) < 4.78 is 3.24. The van der Waals surface area contributed by atoms with Crippen molar-refractivity contribution in [3.63, 3.8) is 0 Å². The minimum atomic E-state index is -0.254. The Balaban J connectivity index is 1.72. The minimum absolute atomic E-state index is 0.254. The van der Waals surface area contributed by atoms with Crippen molar-refractivity contribution in [3.8, 4) is 0 Å². The van der Waals surface area contributed by atoms with Gasteiger partial charge in [-0.1, -0.05) is 53.8 Å². The minimum Gasteiger partial charge on any atom is -0.311 e. The average Bonchev–Trinajstić information content (AvgIpc) is 3.05. The van der Waals surface area contributed by atoms with Gasteiger partial charge < -0.3 is 4.57 Å². The number of carbonyl (C=O) groups is 1. The van der Waals surface area contributed by atoms with Crippen LogP contribution in [0.4, 0.5) is 0 Å². The highest BCUT2D eigenvalue weighted by Crippen LogP contribution is 2.17. The molecule has 128 valence electrons. The SMILES string of the molecule is O=C(NN=c1sc2ccccc2n1Cc1ccccc1)c1ccncc1. The smallest absolute Gasteiger partial charge is 0.271 e. The molecule has 0 aliphatic carbocycles. The van der Waals surface area contributed by atoms with Crippen LogP contribution in [0.3, 0.4) is 0 Å². The second-order valence-electron chi connectivity index (χ2n) is 5.71. The van der Waals surface area contributed by atoms with Crippen LogP contribution in [0.1, 0.15) is 15.9 Å². The van der Waals surface area contributed by atoms with E-state index in [-0.39, 0.29) is 5.91 Å². The number of amides is 1. The maximum absolute atomic E-state index is 12.3. The third-order valence-corrected chi connectivity index (χ3v) is 5.03. The van der Waals surface area contributed by atoms with E-state index < -0.39 is 0 Å². The van der Waals surface area contributed by atoms with Crippen molar-refractivity contribution in [1.82, 2.24) is 15.0 Å². The largest absolute Gasteiger partial charge is 0.311 e. The third kappa shape index (κ3) is 3.41. The van der Waals surface area contributed by atoms with E-state index >= 15 is 0 Å². The fraction of sp³-hybridized carbons (Fsp3) is 0.0500. The summed E-state index contributed by atoms with van der Waals surface area (Å²) in [5, 5.41) is 4.38. The van der Waals surface area contributed by atoms with Gasteiger partial charge in [-0.05, 0) is 29.8 Å². The van der Waals surface area contributed by atoms with E-state index in [1.165, 1.54) is 5.56 Å². The number of nitrogens with zero attached hydrogens (tertiary/aromatic N) is 3. The van der Waals surface area contributed by atoms with Gasteiger partial charge in [-0.15, -0.1) is 5.10 Å². The Morgan fingerprint density at radius 2 is 1.73 bits per heavy atom. The molecule has 4 rings (SSSR count). The quantitative estimate of drug-likeness (QED) is 0.567. The molecule has 1 amide bonds. The Labute approximate surface area is 154 Å². The predicted molar refractivity (Wildman–Crippen MR) is 103 cm³/mol. The van der Waals surface area contributed by atoms with Gasteiger partial charge in [-0.2, -0.15) is 0 Å². The number of rotatable bonds is 4. The van der Waals surface area contributed by atoms with Gasteiger partial charge in [0.15, 0.2) is 0 Å². The fourth-order valence-electron chi connectivity index (χ4n) is 2.69. The Bertz CT molecular complexity index is 1100. The maximum atomic E-state index is 12.3. The molecule has 1 N–H and O–H groups in total. The zero-order chi connectivity index (χ0) is 17.8. The zero-order valence-electron chi connectivity index (χ0n) is 13.9. The summed E-state index contributed by atoms with van der Waals surface area (Å²) in [5.41, 5.74) is 5.45. The van der Waals surface area contributed by atoms with Crippen molar-refractivity contribution >= 4 is 27.5 Å². The topological polar surface area (TPSA) is 59.3 Å². The summed E-state index contributed by atoms with van der Waals surface area (Å²) in [5.74, 6) is -0.254. The number of fused-ring (bicyclic) bond motifs is 1. The van der Waals surface area contributed by atoms with Gasteiger partial charge in [-0.25, -0.2) is 5.43 Å². The first-order valence-corrected chi connectivity index (χ1v) is 8.99. The van der Waals surface area contributed by atoms with E-state index in [9.17, 15) is 4.79 Å². The summed E-state index contributed by atoms with van der Waals surface area (Å²) >= 11 is 1.55. The highest BCUT2D eigenvalue weighted by Gasteiger charge is 2.08. The maximum Gasteiger partial charge on any atom is 0.271 e. The molecule has 6 heteroatoms. The molecule has 0 aliphatic rings. The molecule has 0 spiro atoms. The fourth-order valence-corrected chi connectivity index (χ4v) is 3.68. The number of thiazole rings is 1. The molecule has 0 radical (unpaired) electrons. The number of para-hydroxylation sites is 1. The molecule has 0 atom stereocenters. The van der Waals surface area contributed by atoms with E-state index in [1.807, 2.05) is 30.3 Å². The molecule has 26 heavy (non-hydrogen) atoms. The van der Waals surface area contributed by atoms with Crippen LogP contribution in [0.2, 0.25) is 0 Å². The standard InChI is InChI=1S/C20H16N4OS/c25-19(16-10-12-21-13-11-16)22-23-20-24(14-15-6-2-1-3-7-15)17-8-4-5-9-18(17)26-20/h1-13H,14H2,(H,22,25). The van der Waals surface area contributed by atoms with Crippen molar-refractivity contribution < 1.29 is 4.79 Å². The lowest BCUT2D eigenvalue weighted by molar-refractivity contribution is 0.0953. The molecule has 4 aromatic rings. The molecule has 2 aromatic heterocycles. The summed E-state index contributed by atoms with van der Waals surface area (Å²) in [6.07, 6.45) is 3.17. The Hall–Kier alpha value is -3.25. The normalized spacial score (nSPS) is 11.6. The molecule has 2 aromatic carbocycles. The molecular formula is C20H16N4OS. The van der Waals surface area contributed by atoms with Gasteiger partial charge in [0.1, 0.15) is 0 Å². The van der Waals surface area contributed by atoms with Gasteiger partial charge in [0.05, 0.1) is 16.8 Å². The molecule has 2 heterocycles. The van der Waals surface area contributed by atoms with Crippen molar-refractivity contribution in [3.05, 3.63) is 95.1 Å². The number of carbonyl (C=O) groups excluding carboxylic acids is 1. The van der Waals surface area contributed by atoms with Crippen LogP contribution in [0, 0.1) is 0 Å². The Morgan fingerprint density at radius 1 is 1.00 bits per heavy atom. The number of hydrogen-bond donors (Lipinski definition) is 1. The van der Waals surface area contributed by atoms with Crippen LogP contribution in [0.25, 0.3) is 10.2 Å². The van der Waals surface area contributed by atoms with Gasteiger partial charge in [0.2, 0.25) is 4.80 Å². The summed E-state index contributed by atoms with van der Waals surface area (Å²) in [7, 11) is 0. The zero-order valence-corrected chi connectivity index (χ0v) is 14.7. The molecular weight excluding hydrogens is 344 g/mol. The van der Waals surface area contributed by atoms with E-state index in [4.69, 9.17) is 0 Å². The second kappa shape index (κ2) is 7.33. The average molecular weight is 360 g/mol. The van der Waals surface area contributed by atoms with Gasteiger partial charge in [-0.3, -0.25) is 9.78 Å². The number of hydrogen-bond acceptors (Lipinski definition) is 4. The van der Waals surface area contributed by atoms with E-state index in [2.05, 4.69) is 44.3 Å². The van der Waals surface area contributed by atoms with Crippen molar-refractivity contribution in [2.45, 2.75) is 6.54 Å². The molecule has 0 aliphatic heterocycles. The van der Waals surface area contributed by atoms with Gasteiger partial charge in [0.25, 0.3) is 5.91 Å². The van der Waals surface area contributed by atoms with Crippen LogP contribution < -0.4 is 10.2 Å². The first-order chi connectivity index (χ1) is 12.8. The lowest BCUT2D eigenvalue weighted by atomic mass is 10.2. The number of benzene rings is 2. The molecule has 0 bridgehead atoms. The lowest BCUT2D eigenvalue weighted by Crippen LogP contribution is -2.24. The molecule has 0 fully saturated rings. The molecule has 0 saturated heterocycles. The van der Waals surface area contributed by atoms with Crippen LogP contribution in [-0.4, -0.2) is 15.5 Å². The van der Waals surface area contributed by atoms with Gasteiger partial charge >= 0.3 is 0 Å². The van der Waals surface area contributed by atoms with E-state index in [0.29, 0.717) is 12.1 Å². The highest BCUT2D eigenvalue weighted by molar-refractivity contribution is 7.16. The monoisotopic (exact) mass is 360 g/mol. The van der Waals surface area contributed by atoms with E-state index in [0.717, 1.165) is 15.0 Å². The Kier molecular flexibility index (Phi) is 4.57. The molecule has 0 unspecified atom stereocenters. The number of pyridine rings is 1. The first kappa shape index (κ1) is 16.2. The third-order valence-electron chi connectivity index (χ3n) is 3.97. The molecule has 0 saturated carbocycles. The summed E-state index contributed by atoms with van der Waals surface area (Å²) in [4.78, 5) is 16.9. The second-order valence-corrected chi connectivity index (χ2v) is 6.72. The van der Waals surface area contributed by atoms with Crippen molar-refractivity contribution in [1.29, 1.82) is 0 Å². The van der Waals surface area contributed by atoms with Crippen molar-refractivity contribution in [2.24, 2.45) is 5.10 Å². The van der Waals surface area contributed by atoms with Crippen LogP contribution >= 0.6 is 11.3 Å². The predicted octanol–water partition coefficient (Wildman–Crippen LogP) is 3.39.